The molecule has 1 fully saturated rings. The summed E-state index contributed by atoms with van der Waals surface area (Å²) in [6.45, 7) is 1.70. The van der Waals surface area contributed by atoms with Crippen molar-refractivity contribution in [1.29, 1.82) is 0 Å². The predicted molar refractivity (Wildman–Crippen MR) is 73.8 cm³/mol. The summed E-state index contributed by atoms with van der Waals surface area (Å²) in [5.74, 6) is 0. The van der Waals surface area contributed by atoms with E-state index in [2.05, 4.69) is 4.90 Å². The third kappa shape index (κ3) is 3.30. The van der Waals surface area contributed by atoms with Crippen molar-refractivity contribution in [2.45, 2.75) is 32.1 Å². The fourth-order valence-corrected chi connectivity index (χ4v) is 2.52. The van der Waals surface area contributed by atoms with Gasteiger partial charge in [-0.1, -0.05) is 19.3 Å². The maximum atomic E-state index is 11.1. The molecule has 1 aliphatic heterocycles. The SMILES string of the molecule is O=Cc1ccc(N2CCCCCCC2)c([N+](=O)[O-])c1. The molecule has 0 aliphatic carbocycles. The van der Waals surface area contributed by atoms with E-state index in [0.29, 0.717) is 17.5 Å². The van der Waals surface area contributed by atoms with Gasteiger partial charge >= 0.3 is 0 Å². The Hall–Kier alpha value is -1.91. The van der Waals surface area contributed by atoms with Gasteiger partial charge in [-0.15, -0.1) is 0 Å². The van der Waals surface area contributed by atoms with Crippen molar-refractivity contribution in [2.75, 3.05) is 18.0 Å². The van der Waals surface area contributed by atoms with Gasteiger partial charge in [0.1, 0.15) is 12.0 Å². The molecule has 1 aromatic rings. The number of carbonyl (C=O) groups is 1. The van der Waals surface area contributed by atoms with Crippen LogP contribution in [0, 0.1) is 10.1 Å². The summed E-state index contributed by atoms with van der Waals surface area (Å²) in [5.41, 5.74) is 1.02. The molecule has 0 N–H and O–H groups in total. The van der Waals surface area contributed by atoms with Crippen LogP contribution in [-0.4, -0.2) is 24.3 Å². The number of hydrogen-bond donors (Lipinski definition) is 0. The van der Waals surface area contributed by atoms with E-state index in [4.69, 9.17) is 0 Å². The normalized spacial score (nSPS) is 16.5. The zero-order valence-corrected chi connectivity index (χ0v) is 10.9. The van der Waals surface area contributed by atoms with E-state index in [0.717, 1.165) is 25.9 Å². The van der Waals surface area contributed by atoms with Crippen molar-refractivity contribution in [3.63, 3.8) is 0 Å². The average molecular weight is 262 g/mol. The largest absolute Gasteiger partial charge is 0.366 e. The van der Waals surface area contributed by atoms with Crippen LogP contribution in [0.2, 0.25) is 0 Å². The van der Waals surface area contributed by atoms with Crippen molar-refractivity contribution in [3.8, 4) is 0 Å². The summed E-state index contributed by atoms with van der Waals surface area (Å²) >= 11 is 0. The van der Waals surface area contributed by atoms with Gasteiger partial charge in [-0.3, -0.25) is 14.9 Å². The fourth-order valence-electron chi connectivity index (χ4n) is 2.52. The van der Waals surface area contributed by atoms with E-state index < -0.39 is 4.92 Å². The Morgan fingerprint density at radius 1 is 1.11 bits per heavy atom. The van der Waals surface area contributed by atoms with Gasteiger partial charge in [0.25, 0.3) is 5.69 Å². The number of anilines is 1. The van der Waals surface area contributed by atoms with Gasteiger partial charge < -0.3 is 4.90 Å². The molecule has 5 heteroatoms. The number of rotatable bonds is 3. The van der Waals surface area contributed by atoms with Gasteiger partial charge in [0.15, 0.2) is 0 Å². The standard InChI is InChI=1S/C14H18N2O3/c17-11-12-6-7-13(14(10-12)16(18)19)15-8-4-2-1-3-5-9-15/h6-7,10-11H,1-5,8-9H2. The highest BCUT2D eigenvalue weighted by Gasteiger charge is 2.20. The second-order valence-electron chi connectivity index (χ2n) is 4.88. The van der Waals surface area contributed by atoms with E-state index >= 15 is 0 Å². The number of benzene rings is 1. The molecule has 102 valence electrons. The Morgan fingerprint density at radius 2 is 1.74 bits per heavy atom. The quantitative estimate of drug-likeness (QED) is 0.477. The van der Waals surface area contributed by atoms with E-state index in [1.54, 1.807) is 12.1 Å². The Balaban J connectivity index is 2.30. The van der Waals surface area contributed by atoms with Gasteiger partial charge in [-0.2, -0.15) is 0 Å². The zero-order chi connectivity index (χ0) is 13.7. The number of aldehydes is 1. The molecule has 1 aliphatic rings. The van der Waals surface area contributed by atoms with Crippen LogP contribution < -0.4 is 4.90 Å². The van der Waals surface area contributed by atoms with Crippen LogP contribution in [-0.2, 0) is 0 Å². The summed E-state index contributed by atoms with van der Waals surface area (Å²) in [5, 5.41) is 11.1. The average Bonchev–Trinajstić information content (AvgIpc) is 2.38. The minimum atomic E-state index is -0.402. The molecule has 0 atom stereocenters. The van der Waals surface area contributed by atoms with Crippen molar-refractivity contribution in [2.24, 2.45) is 0 Å². The van der Waals surface area contributed by atoms with E-state index in [-0.39, 0.29) is 5.69 Å². The lowest BCUT2D eigenvalue weighted by molar-refractivity contribution is -0.384. The molecule has 0 bridgehead atoms. The zero-order valence-electron chi connectivity index (χ0n) is 10.9. The van der Waals surface area contributed by atoms with Crippen LogP contribution in [0.1, 0.15) is 42.5 Å². The van der Waals surface area contributed by atoms with Crippen LogP contribution in [0.3, 0.4) is 0 Å². The smallest absolute Gasteiger partial charge is 0.293 e. The lowest BCUT2D eigenvalue weighted by Gasteiger charge is -2.26. The second-order valence-corrected chi connectivity index (χ2v) is 4.88. The van der Waals surface area contributed by atoms with Crippen molar-refractivity contribution < 1.29 is 9.72 Å². The minimum absolute atomic E-state index is 0.0326. The van der Waals surface area contributed by atoms with Gasteiger partial charge in [-0.25, -0.2) is 0 Å². The lowest BCUT2D eigenvalue weighted by Crippen LogP contribution is -2.27. The van der Waals surface area contributed by atoms with Crippen LogP contribution in [0.4, 0.5) is 11.4 Å². The predicted octanol–water partition coefficient (Wildman–Crippen LogP) is 3.18. The molecule has 0 amide bonds. The molecule has 0 radical (unpaired) electrons. The van der Waals surface area contributed by atoms with E-state index in [9.17, 15) is 14.9 Å². The lowest BCUT2D eigenvalue weighted by atomic mass is 10.1. The van der Waals surface area contributed by atoms with Gasteiger partial charge in [0, 0.05) is 24.7 Å². The Labute approximate surface area is 112 Å². The first kappa shape index (κ1) is 13.5. The Bertz CT molecular complexity index is 466. The number of nitro groups is 1. The first-order chi connectivity index (χ1) is 9.22. The number of nitro benzene ring substituents is 1. The van der Waals surface area contributed by atoms with Gasteiger partial charge in [0.05, 0.1) is 4.92 Å². The highest BCUT2D eigenvalue weighted by molar-refractivity contribution is 5.79. The molecule has 1 heterocycles. The molecular weight excluding hydrogens is 244 g/mol. The fraction of sp³-hybridized carbons (Fsp3) is 0.500. The van der Waals surface area contributed by atoms with Crippen LogP contribution in [0.25, 0.3) is 0 Å². The molecule has 5 nitrogen and oxygen atoms in total. The van der Waals surface area contributed by atoms with Crippen LogP contribution in [0.5, 0.6) is 0 Å². The molecule has 0 unspecified atom stereocenters. The number of hydrogen-bond acceptors (Lipinski definition) is 4. The van der Waals surface area contributed by atoms with Gasteiger partial charge in [-0.05, 0) is 25.0 Å². The van der Waals surface area contributed by atoms with E-state index in [1.807, 2.05) is 0 Å². The minimum Gasteiger partial charge on any atom is -0.366 e. The molecule has 19 heavy (non-hydrogen) atoms. The van der Waals surface area contributed by atoms with Crippen LogP contribution >= 0.6 is 0 Å². The topological polar surface area (TPSA) is 63.5 Å². The Morgan fingerprint density at radius 3 is 2.32 bits per heavy atom. The molecular formula is C14H18N2O3. The van der Waals surface area contributed by atoms with Crippen molar-refractivity contribution in [3.05, 3.63) is 33.9 Å². The summed E-state index contributed by atoms with van der Waals surface area (Å²) in [4.78, 5) is 23.6. The maximum Gasteiger partial charge on any atom is 0.293 e. The molecule has 1 aromatic carbocycles. The highest BCUT2D eigenvalue weighted by Crippen LogP contribution is 2.30. The van der Waals surface area contributed by atoms with Crippen LogP contribution in [0.15, 0.2) is 18.2 Å². The number of carbonyl (C=O) groups excluding carboxylic acids is 1. The Kier molecular flexibility index (Phi) is 4.49. The molecule has 0 aromatic heterocycles. The first-order valence-corrected chi connectivity index (χ1v) is 6.71. The number of nitrogens with zero attached hydrogens (tertiary/aromatic N) is 2. The molecule has 0 saturated carbocycles. The summed E-state index contributed by atoms with van der Waals surface area (Å²) in [6, 6.07) is 4.71. The third-order valence-corrected chi connectivity index (χ3v) is 3.53. The van der Waals surface area contributed by atoms with Gasteiger partial charge in [0.2, 0.25) is 0 Å². The molecule has 1 saturated heterocycles. The van der Waals surface area contributed by atoms with E-state index in [1.165, 1.54) is 25.3 Å². The second kappa shape index (κ2) is 6.31. The maximum absolute atomic E-state index is 11.1. The van der Waals surface area contributed by atoms with Crippen molar-refractivity contribution in [1.82, 2.24) is 0 Å². The monoisotopic (exact) mass is 262 g/mol. The summed E-state index contributed by atoms with van der Waals surface area (Å²) in [7, 11) is 0. The summed E-state index contributed by atoms with van der Waals surface area (Å²) < 4.78 is 0. The summed E-state index contributed by atoms with van der Waals surface area (Å²) in [6.07, 6.45) is 6.37. The molecule has 2 rings (SSSR count). The first-order valence-electron chi connectivity index (χ1n) is 6.71. The highest BCUT2D eigenvalue weighted by atomic mass is 16.6. The third-order valence-electron chi connectivity index (χ3n) is 3.53. The van der Waals surface area contributed by atoms with Crippen molar-refractivity contribution >= 4 is 17.7 Å². The molecule has 0 spiro atoms.